The van der Waals surface area contributed by atoms with Crippen LogP contribution in [0.4, 0.5) is 17.1 Å². The third kappa shape index (κ3) is 4.56. The van der Waals surface area contributed by atoms with E-state index in [2.05, 4.69) is 5.32 Å². The lowest BCUT2D eigenvalue weighted by Gasteiger charge is -2.35. The van der Waals surface area contributed by atoms with Crippen LogP contribution in [0.15, 0.2) is 114 Å². The van der Waals surface area contributed by atoms with Crippen LogP contribution >= 0.6 is 0 Å². The van der Waals surface area contributed by atoms with Crippen LogP contribution in [0.25, 0.3) is 0 Å². The number of amides is 1. The molecule has 0 unspecified atom stereocenters. The first-order chi connectivity index (χ1) is 19.4. The number of non-ortho nitro benzene ring substituents is 1. The molecule has 0 bridgehead atoms. The number of ketones is 1. The number of nitro groups is 1. The minimum Gasteiger partial charge on any atom is -0.357 e. The summed E-state index contributed by atoms with van der Waals surface area (Å²) in [5.41, 5.74) is 5.86. The molecule has 0 spiro atoms. The number of anilines is 2. The van der Waals surface area contributed by atoms with Crippen LogP contribution in [0.3, 0.4) is 0 Å². The van der Waals surface area contributed by atoms with Gasteiger partial charge in [0.1, 0.15) is 0 Å². The molecule has 0 saturated carbocycles. The molecule has 2 aliphatic rings. The molecule has 1 aliphatic carbocycles. The van der Waals surface area contributed by atoms with Gasteiger partial charge in [-0.3, -0.25) is 24.6 Å². The van der Waals surface area contributed by atoms with Crippen molar-refractivity contribution in [3.05, 3.63) is 147 Å². The molecule has 2 atom stereocenters. The van der Waals surface area contributed by atoms with E-state index in [0.717, 1.165) is 28.1 Å². The van der Waals surface area contributed by atoms with Gasteiger partial charge in [0.25, 0.3) is 11.6 Å². The number of allylic oxidation sites excluding steroid dienone is 1. The molecular formula is C33H27N3O4. The SMILES string of the molecule is Cc1ccc([C@@H]2C3=C(C[C@@H](c4cccc([N+](=O)[O-])c4)CC3=O)Nc3ccccc3N2C(=O)c2ccccc2)cc1. The molecule has 0 radical (unpaired) electrons. The van der Waals surface area contributed by atoms with E-state index in [0.29, 0.717) is 23.2 Å². The molecular weight excluding hydrogens is 502 g/mol. The van der Waals surface area contributed by atoms with Crippen LogP contribution in [0.5, 0.6) is 0 Å². The van der Waals surface area contributed by atoms with Gasteiger partial charge >= 0.3 is 0 Å². The van der Waals surface area contributed by atoms with E-state index in [1.807, 2.05) is 79.7 Å². The Balaban J connectivity index is 1.54. The van der Waals surface area contributed by atoms with E-state index in [9.17, 15) is 19.7 Å². The van der Waals surface area contributed by atoms with Crippen LogP contribution in [-0.4, -0.2) is 16.6 Å². The van der Waals surface area contributed by atoms with Crippen molar-refractivity contribution in [3.63, 3.8) is 0 Å². The molecule has 1 aliphatic heterocycles. The number of benzene rings is 4. The number of para-hydroxylation sites is 2. The summed E-state index contributed by atoms with van der Waals surface area (Å²) in [6, 6.07) is 30.5. The molecule has 4 aromatic carbocycles. The zero-order chi connectivity index (χ0) is 27.8. The van der Waals surface area contributed by atoms with Gasteiger partial charge < -0.3 is 5.32 Å². The molecule has 0 saturated heterocycles. The fourth-order valence-electron chi connectivity index (χ4n) is 5.73. The van der Waals surface area contributed by atoms with Gasteiger partial charge in [0.05, 0.1) is 22.3 Å². The van der Waals surface area contributed by atoms with Crippen molar-refractivity contribution in [1.82, 2.24) is 0 Å². The molecule has 1 heterocycles. The third-order valence-electron chi connectivity index (χ3n) is 7.67. The average molecular weight is 530 g/mol. The second kappa shape index (κ2) is 10.3. The topological polar surface area (TPSA) is 92.5 Å². The van der Waals surface area contributed by atoms with Gasteiger partial charge in [-0.15, -0.1) is 0 Å². The van der Waals surface area contributed by atoms with Gasteiger partial charge in [-0.05, 0) is 54.7 Å². The van der Waals surface area contributed by atoms with Crippen molar-refractivity contribution in [2.24, 2.45) is 0 Å². The Labute approximate surface area is 231 Å². The Bertz CT molecular complexity index is 1660. The highest BCUT2D eigenvalue weighted by Crippen LogP contribution is 2.48. The van der Waals surface area contributed by atoms with Gasteiger partial charge in [-0.1, -0.05) is 72.3 Å². The Morgan fingerprint density at radius 2 is 1.60 bits per heavy atom. The average Bonchev–Trinajstić information content (AvgIpc) is 3.12. The van der Waals surface area contributed by atoms with Crippen molar-refractivity contribution < 1.29 is 14.5 Å². The first-order valence-electron chi connectivity index (χ1n) is 13.2. The number of nitrogens with zero attached hydrogens (tertiary/aromatic N) is 2. The fraction of sp³-hybridized carbons (Fsp3) is 0.152. The smallest absolute Gasteiger partial charge is 0.269 e. The molecule has 0 fully saturated rings. The maximum atomic E-state index is 14.2. The van der Waals surface area contributed by atoms with Gasteiger partial charge in [-0.25, -0.2) is 0 Å². The maximum Gasteiger partial charge on any atom is 0.269 e. The van der Waals surface area contributed by atoms with Gasteiger partial charge in [0.15, 0.2) is 5.78 Å². The highest BCUT2D eigenvalue weighted by Gasteiger charge is 2.42. The molecule has 1 N–H and O–H groups in total. The van der Waals surface area contributed by atoms with Crippen LogP contribution < -0.4 is 10.2 Å². The number of hydrogen-bond donors (Lipinski definition) is 1. The minimum absolute atomic E-state index is 0.000983. The van der Waals surface area contributed by atoms with E-state index in [4.69, 9.17) is 0 Å². The second-order valence-electron chi connectivity index (χ2n) is 10.3. The number of hydrogen-bond acceptors (Lipinski definition) is 5. The third-order valence-corrected chi connectivity index (χ3v) is 7.67. The Morgan fingerprint density at radius 1 is 0.875 bits per heavy atom. The number of carbonyl (C=O) groups excluding carboxylic acids is 2. The Kier molecular flexibility index (Phi) is 6.48. The number of aryl methyl sites for hydroxylation is 1. The molecule has 7 heteroatoms. The number of rotatable bonds is 4. The summed E-state index contributed by atoms with van der Waals surface area (Å²) in [5.74, 6) is -0.530. The van der Waals surface area contributed by atoms with Crippen LogP contribution in [-0.2, 0) is 4.79 Å². The van der Waals surface area contributed by atoms with Crippen LogP contribution in [0.2, 0.25) is 0 Å². The van der Waals surface area contributed by atoms with Gasteiger partial charge in [-0.2, -0.15) is 0 Å². The molecule has 1 amide bonds. The Morgan fingerprint density at radius 3 is 2.35 bits per heavy atom. The standard InChI is InChI=1S/C33H27N3O4/c1-21-14-16-22(17-15-21)32-31-28(19-25(20-30(31)37)24-10-7-11-26(18-24)36(39)40)34-27-12-5-6-13-29(27)35(32)33(38)23-8-3-2-4-9-23/h2-18,25,32,34H,19-20H2,1H3/t25-,32-/m1/s1. The molecule has 0 aromatic heterocycles. The van der Waals surface area contributed by atoms with Crippen molar-refractivity contribution in [2.75, 3.05) is 10.2 Å². The molecule has 40 heavy (non-hydrogen) atoms. The molecule has 6 rings (SSSR count). The second-order valence-corrected chi connectivity index (χ2v) is 10.3. The number of carbonyl (C=O) groups is 2. The molecule has 4 aromatic rings. The number of Topliss-reactive ketones (excluding diaryl/α,β-unsaturated/α-hetero) is 1. The number of fused-ring (bicyclic) bond motifs is 1. The lowest BCUT2D eigenvalue weighted by atomic mass is 9.78. The summed E-state index contributed by atoms with van der Waals surface area (Å²) in [6.45, 7) is 2.00. The van der Waals surface area contributed by atoms with Crippen LogP contribution in [0, 0.1) is 17.0 Å². The van der Waals surface area contributed by atoms with Gasteiger partial charge in [0, 0.05) is 35.4 Å². The van der Waals surface area contributed by atoms with Crippen molar-refractivity contribution >= 4 is 28.8 Å². The molecule has 7 nitrogen and oxygen atoms in total. The van der Waals surface area contributed by atoms with E-state index in [1.165, 1.54) is 6.07 Å². The summed E-state index contributed by atoms with van der Waals surface area (Å²) >= 11 is 0. The highest BCUT2D eigenvalue weighted by atomic mass is 16.6. The van der Waals surface area contributed by atoms with E-state index < -0.39 is 11.0 Å². The summed E-state index contributed by atoms with van der Waals surface area (Å²) in [5, 5.41) is 14.9. The van der Waals surface area contributed by atoms with Gasteiger partial charge in [0.2, 0.25) is 0 Å². The zero-order valence-electron chi connectivity index (χ0n) is 21.9. The predicted molar refractivity (Wildman–Crippen MR) is 154 cm³/mol. The molecule has 198 valence electrons. The Hall–Kier alpha value is -5.04. The van der Waals surface area contributed by atoms with E-state index in [-0.39, 0.29) is 29.7 Å². The highest BCUT2D eigenvalue weighted by molar-refractivity contribution is 6.12. The number of nitro benzene ring substituents is 1. The largest absolute Gasteiger partial charge is 0.357 e. The summed E-state index contributed by atoms with van der Waals surface area (Å²) in [7, 11) is 0. The monoisotopic (exact) mass is 529 g/mol. The predicted octanol–water partition coefficient (Wildman–Crippen LogP) is 7.12. The van der Waals surface area contributed by atoms with E-state index in [1.54, 1.807) is 29.2 Å². The first-order valence-corrected chi connectivity index (χ1v) is 13.2. The zero-order valence-corrected chi connectivity index (χ0v) is 21.9. The van der Waals surface area contributed by atoms with E-state index >= 15 is 0 Å². The summed E-state index contributed by atoms with van der Waals surface area (Å²) < 4.78 is 0. The summed E-state index contributed by atoms with van der Waals surface area (Å²) in [6.07, 6.45) is 0.667. The first kappa shape index (κ1) is 25.2. The van der Waals surface area contributed by atoms with Crippen molar-refractivity contribution in [2.45, 2.75) is 31.7 Å². The van der Waals surface area contributed by atoms with Crippen LogP contribution in [0.1, 0.15) is 51.8 Å². The fourth-order valence-corrected chi connectivity index (χ4v) is 5.73. The lowest BCUT2D eigenvalue weighted by molar-refractivity contribution is -0.384. The lowest BCUT2D eigenvalue weighted by Crippen LogP contribution is -2.38. The maximum absolute atomic E-state index is 14.2. The van der Waals surface area contributed by atoms with Crippen molar-refractivity contribution in [3.8, 4) is 0 Å². The minimum atomic E-state index is -0.655. The quantitative estimate of drug-likeness (QED) is 0.224. The van der Waals surface area contributed by atoms with Crippen molar-refractivity contribution in [1.29, 1.82) is 0 Å². The number of nitrogens with one attached hydrogen (secondary N) is 1. The summed E-state index contributed by atoms with van der Waals surface area (Å²) in [4.78, 5) is 41.1. The normalized spacial score (nSPS) is 18.3.